The van der Waals surface area contributed by atoms with E-state index in [2.05, 4.69) is 14.8 Å². The third-order valence-corrected chi connectivity index (χ3v) is 5.96. The SMILES string of the molecule is COc1ccc(S(=O)(=O)Nc2ccc(OC(F)F)cc2)cc1[C@@H]1CCCNC1. The Balaban J connectivity index is 1.82. The topological polar surface area (TPSA) is 76.7 Å². The van der Waals surface area contributed by atoms with Crippen LogP contribution in [0, 0.1) is 0 Å². The number of ether oxygens (including phenoxy) is 2. The molecule has 9 heteroatoms. The van der Waals surface area contributed by atoms with Crippen molar-refractivity contribution in [3.05, 3.63) is 48.0 Å². The van der Waals surface area contributed by atoms with E-state index in [1.54, 1.807) is 19.2 Å². The van der Waals surface area contributed by atoms with Gasteiger partial charge < -0.3 is 14.8 Å². The molecule has 0 aromatic heterocycles. The van der Waals surface area contributed by atoms with Crippen LogP contribution in [0.25, 0.3) is 0 Å². The average molecular weight is 412 g/mol. The van der Waals surface area contributed by atoms with Crippen LogP contribution in [0.5, 0.6) is 11.5 Å². The summed E-state index contributed by atoms with van der Waals surface area (Å²) in [7, 11) is -2.29. The maximum absolute atomic E-state index is 12.8. The Labute approximate surface area is 162 Å². The van der Waals surface area contributed by atoms with Gasteiger partial charge in [-0.1, -0.05) is 0 Å². The lowest BCUT2D eigenvalue weighted by Gasteiger charge is -2.25. The lowest BCUT2D eigenvalue weighted by atomic mass is 9.91. The van der Waals surface area contributed by atoms with Crippen LogP contribution in [0.15, 0.2) is 47.4 Å². The molecule has 2 aromatic rings. The number of hydrogen-bond acceptors (Lipinski definition) is 5. The van der Waals surface area contributed by atoms with E-state index < -0.39 is 16.6 Å². The summed E-state index contributed by atoms with van der Waals surface area (Å²) < 4.78 is 62.1. The van der Waals surface area contributed by atoms with Crippen LogP contribution < -0.4 is 19.5 Å². The Morgan fingerprint density at radius 2 is 1.93 bits per heavy atom. The lowest BCUT2D eigenvalue weighted by molar-refractivity contribution is -0.0498. The van der Waals surface area contributed by atoms with Gasteiger partial charge in [0, 0.05) is 18.2 Å². The molecule has 0 bridgehead atoms. The Bertz CT molecular complexity index is 899. The Kier molecular flexibility index (Phi) is 6.35. The fraction of sp³-hybridized carbons (Fsp3) is 0.368. The fourth-order valence-corrected chi connectivity index (χ4v) is 4.33. The summed E-state index contributed by atoms with van der Waals surface area (Å²) in [5.74, 6) is 0.778. The van der Waals surface area contributed by atoms with Crippen LogP contribution >= 0.6 is 0 Å². The minimum Gasteiger partial charge on any atom is -0.496 e. The standard InChI is InChI=1S/C19H22F2N2O4S/c1-26-18-9-8-16(11-17(18)13-3-2-10-22-12-13)28(24,25)23-14-4-6-15(7-5-14)27-19(20)21/h4-9,11,13,19,22-23H,2-3,10,12H2,1H3/t13-/m1/s1. The smallest absolute Gasteiger partial charge is 0.387 e. The van der Waals surface area contributed by atoms with Crippen molar-refractivity contribution in [3.8, 4) is 11.5 Å². The molecule has 3 rings (SSSR count). The van der Waals surface area contributed by atoms with E-state index >= 15 is 0 Å². The van der Waals surface area contributed by atoms with Crippen molar-refractivity contribution in [3.63, 3.8) is 0 Å². The summed E-state index contributed by atoms with van der Waals surface area (Å²) in [6.45, 7) is -1.22. The van der Waals surface area contributed by atoms with Crippen LogP contribution in [0.3, 0.4) is 0 Å². The zero-order valence-electron chi connectivity index (χ0n) is 15.3. The summed E-state index contributed by atoms with van der Waals surface area (Å²) in [6.07, 6.45) is 1.96. The first-order chi connectivity index (χ1) is 13.4. The summed E-state index contributed by atoms with van der Waals surface area (Å²) in [5.41, 5.74) is 1.09. The van der Waals surface area contributed by atoms with Gasteiger partial charge in [-0.15, -0.1) is 0 Å². The number of halogens is 2. The average Bonchev–Trinajstić information content (AvgIpc) is 2.69. The first-order valence-corrected chi connectivity index (χ1v) is 10.3. The zero-order chi connectivity index (χ0) is 20.1. The molecule has 6 nitrogen and oxygen atoms in total. The molecule has 2 N–H and O–H groups in total. The van der Waals surface area contributed by atoms with Gasteiger partial charge in [-0.25, -0.2) is 8.42 Å². The van der Waals surface area contributed by atoms with Crippen molar-refractivity contribution in [2.24, 2.45) is 0 Å². The molecule has 152 valence electrons. The lowest BCUT2D eigenvalue weighted by Crippen LogP contribution is -2.28. The summed E-state index contributed by atoms with van der Waals surface area (Å²) in [4.78, 5) is 0.113. The molecular formula is C19H22F2N2O4S. The summed E-state index contributed by atoms with van der Waals surface area (Å²) >= 11 is 0. The van der Waals surface area contributed by atoms with Gasteiger partial charge >= 0.3 is 6.61 Å². The first kappa shape index (κ1) is 20.3. The van der Waals surface area contributed by atoms with Crippen LogP contribution in [-0.4, -0.2) is 35.2 Å². The van der Waals surface area contributed by atoms with Gasteiger partial charge in [0.25, 0.3) is 10.0 Å². The van der Waals surface area contributed by atoms with Crippen molar-refractivity contribution in [1.29, 1.82) is 0 Å². The van der Waals surface area contributed by atoms with Crippen molar-refractivity contribution >= 4 is 15.7 Å². The van der Waals surface area contributed by atoms with Gasteiger partial charge in [0.2, 0.25) is 0 Å². The minimum atomic E-state index is -3.85. The highest BCUT2D eigenvalue weighted by atomic mass is 32.2. The predicted octanol–water partition coefficient (Wildman–Crippen LogP) is 3.56. The fourth-order valence-electron chi connectivity index (χ4n) is 3.23. The first-order valence-electron chi connectivity index (χ1n) is 8.85. The summed E-state index contributed by atoms with van der Waals surface area (Å²) in [5, 5.41) is 3.32. The van der Waals surface area contributed by atoms with Crippen LogP contribution in [0.4, 0.5) is 14.5 Å². The Morgan fingerprint density at radius 3 is 2.54 bits per heavy atom. The second kappa shape index (κ2) is 8.74. The third kappa shape index (κ3) is 4.90. The van der Waals surface area contributed by atoms with Gasteiger partial charge in [0.05, 0.1) is 12.0 Å². The number of anilines is 1. The molecule has 0 amide bonds. The molecule has 0 radical (unpaired) electrons. The molecule has 2 aromatic carbocycles. The van der Waals surface area contributed by atoms with Crippen LogP contribution in [-0.2, 0) is 10.0 Å². The highest BCUT2D eigenvalue weighted by Crippen LogP contribution is 2.33. The molecule has 1 atom stereocenters. The number of methoxy groups -OCH3 is 1. The normalized spacial score (nSPS) is 17.4. The Morgan fingerprint density at radius 1 is 1.18 bits per heavy atom. The maximum Gasteiger partial charge on any atom is 0.387 e. The minimum absolute atomic E-state index is 0.0468. The quantitative estimate of drug-likeness (QED) is 0.727. The maximum atomic E-state index is 12.8. The van der Waals surface area contributed by atoms with E-state index in [4.69, 9.17) is 4.74 Å². The predicted molar refractivity (Wildman–Crippen MR) is 102 cm³/mol. The molecule has 0 aliphatic carbocycles. The van der Waals surface area contributed by atoms with E-state index in [0.717, 1.165) is 31.5 Å². The van der Waals surface area contributed by atoms with E-state index in [1.807, 2.05) is 0 Å². The molecule has 1 saturated heterocycles. The van der Waals surface area contributed by atoms with Gasteiger partial charge in [-0.05, 0) is 67.4 Å². The van der Waals surface area contributed by atoms with Crippen LogP contribution in [0.2, 0.25) is 0 Å². The van der Waals surface area contributed by atoms with E-state index in [9.17, 15) is 17.2 Å². The van der Waals surface area contributed by atoms with Crippen molar-refractivity contribution in [2.75, 3.05) is 24.9 Å². The van der Waals surface area contributed by atoms with E-state index in [0.29, 0.717) is 5.75 Å². The second-order valence-electron chi connectivity index (χ2n) is 6.46. The second-order valence-corrected chi connectivity index (χ2v) is 8.14. The molecule has 28 heavy (non-hydrogen) atoms. The largest absolute Gasteiger partial charge is 0.496 e. The van der Waals surface area contributed by atoms with Crippen molar-refractivity contribution in [1.82, 2.24) is 5.32 Å². The number of hydrogen-bond donors (Lipinski definition) is 2. The molecule has 1 aliphatic rings. The molecule has 0 saturated carbocycles. The molecule has 1 aliphatic heterocycles. The number of piperidine rings is 1. The molecular weight excluding hydrogens is 390 g/mol. The zero-order valence-corrected chi connectivity index (χ0v) is 16.1. The van der Waals surface area contributed by atoms with E-state index in [1.165, 1.54) is 30.3 Å². The van der Waals surface area contributed by atoms with Crippen molar-refractivity contribution < 1.29 is 26.7 Å². The summed E-state index contributed by atoms with van der Waals surface area (Å²) in [6, 6.07) is 10.0. The number of benzene rings is 2. The highest BCUT2D eigenvalue weighted by Gasteiger charge is 2.23. The van der Waals surface area contributed by atoms with Gasteiger partial charge in [0.15, 0.2) is 0 Å². The van der Waals surface area contributed by atoms with Crippen LogP contribution in [0.1, 0.15) is 24.3 Å². The molecule has 0 spiro atoms. The number of nitrogens with one attached hydrogen (secondary N) is 2. The van der Waals surface area contributed by atoms with Gasteiger partial charge in [-0.3, -0.25) is 4.72 Å². The highest BCUT2D eigenvalue weighted by molar-refractivity contribution is 7.92. The van der Waals surface area contributed by atoms with Gasteiger partial charge in [-0.2, -0.15) is 8.78 Å². The van der Waals surface area contributed by atoms with Gasteiger partial charge in [0.1, 0.15) is 11.5 Å². The molecule has 1 fully saturated rings. The third-order valence-electron chi connectivity index (χ3n) is 4.58. The molecule has 0 unspecified atom stereocenters. The van der Waals surface area contributed by atoms with E-state index in [-0.39, 0.29) is 22.3 Å². The number of rotatable bonds is 7. The number of sulfonamides is 1. The Hall–Kier alpha value is -2.39. The van der Waals surface area contributed by atoms with Crippen molar-refractivity contribution in [2.45, 2.75) is 30.3 Å². The number of alkyl halides is 2. The monoisotopic (exact) mass is 412 g/mol. The molecule has 1 heterocycles.